The van der Waals surface area contributed by atoms with Crippen LogP contribution in [0.2, 0.25) is 0 Å². The first-order chi connectivity index (χ1) is 9.95. The number of halogens is 3. The number of anilines is 1. The topological polar surface area (TPSA) is 42.0 Å². The maximum absolute atomic E-state index is 12.4. The van der Waals surface area contributed by atoms with E-state index in [1.54, 1.807) is 18.5 Å². The lowest BCUT2D eigenvalue weighted by atomic mass is 10.2. The van der Waals surface area contributed by atoms with Crippen LogP contribution in [0.3, 0.4) is 0 Å². The lowest BCUT2D eigenvalue weighted by Gasteiger charge is -2.08. The second-order valence-electron chi connectivity index (χ2n) is 4.14. The lowest BCUT2D eigenvalue weighted by Crippen LogP contribution is -2.07. The number of pyridine rings is 1. The molecule has 3 nitrogen and oxygen atoms in total. The van der Waals surface area contributed by atoms with Crippen molar-refractivity contribution >= 4 is 22.7 Å². The maximum Gasteiger partial charge on any atom is 0.416 e. The smallest absolute Gasteiger partial charge is 0.317 e. The molecule has 110 valence electrons. The Morgan fingerprint density at radius 1 is 1.19 bits per heavy atom. The maximum atomic E-state index is 12.4. The molecule has 0 aliphatic carbocycles. The predicted octanol–water partition coefficient (Wildman–Crippen LogP) is 4.57. The van der Waals surface area contributed by atoms with Crippen molar-refractivity contribution in [2.24, 2.45) is 0 Å². The molecule has 1 amide bonds. The van der Waals surface area contributed by atoms with Gasteiger partial charge in [0.15, 0.2) is 0 Å². The van der Waals surface area contributed by atoms with Gasteiger partial charge in [0.1, 0.15) is 0 Å². The molecule has 0 radical (unpaired) electrons. The Balaban J connectivity index is 1.88. The molecule has 0 saturated heterocycles. The van der Waals surface area contributed by atoms with E-state index in [-0.39, 0.29) is 5.24 Å². The van der Waals surface area contributed by atoms with Gasteiger partial charge < -0.3 is 5.32 Å². The summed E-state index contributed by atoms with van der Waals surface area (Å²) in [4.78, 5) is 15.6. The first-order valence-corrected chi connectivity index (χ1v) is 6.93. The van der Waals surface area contributed by atoms with Crippen LogP contribution in [0, 0.1) is 0 Å². The molecule has 0 bridgehead atoms. The van der Waals surface area contributed by atoms with Gasteiger partial charge in [-0.1, -0.05) is 17.8 Å². The fraction of sp³-hybridized carbons (Fsp3) is 0.143. The van der Waals surface area contributed by atoms with E-state index in [9.17, 15) is 18.0 Å². The number of hydrogen-bond acceptors (Lipinski definition) is 3. The van der Waals surface area contributed by atoms with Crippen molar-refractivity contribution in [3.8, 4) is 0 Å². The third kappa shape index (κ3) is 4.78. The molecular weight excluding hydrogens is 301 g/mol. The number of amides is 1. The number of benzene rings is 1. The highest BCUT2D eigenvalue weighted by atomic mass is 32.2. The minimum atomic E-state index is -4.38. The minimum Gasteiger partial charge on any atom is -0.317 e. The molecule has 0 saturated carbocycles. The molecule has 2 aromatic rings. The minimum absolute atomic E-state index is 0.326. The number of thioether (sulfide) groups is 1. The van der Waals surface area contributed by atoms with Crippen LogP contribution >= 0.6 is 11.8 Å². The number of hydrogen-bond donors (Lipinski definition) is 1. The van der Waals surface area contributed by atoms with E-state index in [2.05, 4.69) is 10.3 Å². The van der Waals surface area contributed by atoms with Crippen molar-refractivity contribution < 1.29 is 18.0 Å². The van der Waals surface area contributed by atoms with E-state index >= 15 is 0 Å². The van der Waals surface area contributed by atoms with E-state index < -0.39 is 11.7 Å². The number of aromatic nitrogens is 1. The quantitative estimate of drug-likeness (QED) is 0.903. The summed E-state index contributed by atoms with van der Waals surface area (Å²) in [6.45, 7) is 0. The summed E-state index contributed by atoms with van der Waals surface area (Å²) >= 11 is 1.02. The molecule has 0 unspecified atom stereocenters. The third-order valence-corrected chi connectivity index (χ3v) is 3.39. The first kappa shape index (κ1) is 15.4. The van der Waals surface area contributed by atoms with E-state index in [4.69, 9.17) is 0 Å². The van der Waals surface area contributed by atoms with Crippen LogP contribution in [-0.2, 0) is 11.9 Å². The number of alkyl halides is 3. The monoisotopic (exact) mass is 312 g/mol. The van der Waals surface area contributed by atoms with Gasteiger partial charge in [-0.3, -0.25) is 9.78 Å². The highest BCUT2D eigenvalue weighted by molar-refractivity contribution is 8.13. The Hall–Kier alpha value is -2.02. The SMILES string of the molecule is O=C(Nc1ccc(C(F)(F)F)cc1)SCc1cccnc1. The van der Waals surface area contributed by atoms with Crippen molar-refractivity contribution in [1.29, 1.82) is 0 Å². The van der Waals surface area contributed by atoms with Crippen molar-refractivity contribution in [2.45, 2.75) is 11.9 Å². The van der Waals surface area contributed by atoms with Crippen LogP contribution in [0.5, 0.6) is 0 Å². The summed E-state index contributed by atoms with van der Waals surface area (Å²) in [6.07, 6.45) is -1.09. The van der Waals surface area contributed by atoms with Crippen LogP contribution in [0.15, 0.2) is 48.8 Å². The number of nitrogens with one attached hydrogen (secondary N) is 1. The third-order valence-electron chi connectivity index (χ3n) is 2.55. The average molecular weight is 312 g/mol. The zero-order valence-electron chi connectivity index (χ0n) is 10.7. The summed E-state index contributed by atoms with van der Waals surface area (Å²) in [5, 5.41) is 2.19. The first-order valence-electron chi connectivity index (χ1n) is 5.95. The standard InChI is InChI=1S/C14H11F3N2OS/c15-14(16,17)11-3-5-12(6-4-11)19-13(20)21-9-10-2-1-7-18-8-10/h1-8H,9H2,(H,19,20). The molecule has 0 fully saturated rings. The lowest BCUT2D eigenvalue weighted by molar-refractivity contribution is -0.137. The molecule has 0 aliphatic rings. The highest BCUT2D eigenvalue weighted by Crippen LogP contribution is 2.30. The normalized spacial score (nSPS) is 11.2. The van der Waals surface area contributed by atoms with Gasteiger partial charge >= 0.3 is 6.18 Å². The van der Waals surface area contributed by atoms with Crippen molar-refractivity contribution in [1.82, 2.24) is 4.98 Å². The van der Waals surface area contributed by atoms with E-state index in [1.807, 2.05) is 6.07 Å². The molecule has 2 rings (SSSR count). The molecule has 0 spiro atoms. The van der Waals surface area contributed by atoms with Gasteiger partial charge in [-0.25, -0.2) is 0 Å². The Kier molecular flexibility index (Phi) is 4.85. The van der Waals surface area contributed by atoms with Gasteiger partial charge in [0.2, 0.25) is 0 Å². The fourth-order valence-corrected chi connectivity index (χ4v) is 2.19. The molecule has 1 aromatic heterocycles. The van der Waals surface area contributed by atoms with Gasteiger partial charge in [-0.15, -0.1) is 0 Å². The molecule has 1 N–H and O–H groups in total. The Morgan fingerprint density at radius 2 is 1.90 bits per heavy atom. The van der Waals surface area contributed by atoms with Gasteiger partial charge in [0.05, 0.1) is 5.56 Å². The van der Waals surface area contributed by atoms with Crippen LogP contribution in [0.25, 0.3) is 0 Å². The van der Waals surface area contributed by atoms with E-state index in [0.717, 1.165) is 29.5 Å². The van der Waals surface area contributed by atoms with Gasteiger partial charge in [0, 0.05) is 23.8 Å². The number of carbonyl (C=O) groups is 1. The predicted molar refractivity (Wildman–Crippen MR) is 76.0 cm³/mol. The summed E-state index contributed by atoms with van der Waals surface area (Å²) < 4.78 is 37.2. The van der Waals surface area contributed by atoms with Crippen molar-refractivity contribution in [3.05, 3.63) is 59.9 Å². The van der Waals surface area contributed by atoms with Crippen LogP contribution in [0.4, 0.5) is 23.7 Å². The van der Waals surface area contributed by atoms with Crippen molar-refractivity contribution in [2.75, 3.05) is 5.32 Å². The summed E-state index contributed by atoms with van der Waals surface area (Å²) in [5.74, 6) is 0.445. The molecule has 0 atom stereocenters. The second-order valence-corrected chi connectivity index (χ2v) is 5.09. The van der Waals surface area contributed by atoms with E-state index in [1.165, 1.54) is 12.1 Å². The van der Waals surface area contributed by atoms with Crippen LogP contribution < -0.4 is 5.32 Å². The summed E-state index contributed by atoms with van der Waals surface area (Å²) in [5.41, 5.74) is 0.472. The number of carbonyl (C=O) groups excluding carboxylic acids is 1. The summed E-state index contributed by atoms with van der Waals surface area (Å²) in [7, 11) is 0. The molecule has 21 heavy (non-hydrogen) atoms. The molecule has 1 heterocycles. The largest absolute Gasteiger partial charge is 0.416 e. The Labute approximate surface area is 123 Å². The van der Waals surface area contributed by atoms with Crippen LogP contribution in [-0.4, -0.2) is 10.2 Å². The summed E-state index contributed by atoms with van der Waals surface area (Å²) in [6, 6.07) is 7.93. The number of rotatable bonds is 3. The highest BCUT2D eigenvalue weighted by Gasteiger charge is 2.29. The molecule has 1 aromatic carbocycles. The fourth-order valence-electron chi connectivity index (χ4n) is 1.53. The zero-order valence-corrected chi connectivity index (χ0v) is 11.5. The van der Waals surface area contributed by atoms with Crippen LogP contribution in [0.1, 0.15) is 11.1 Å². The molecule has 7 heteroatoms. The van der Waals surface area contributed by atoms with Crippen molar-refractivity contribution in [3.63, 3.8) is 0 Å². The zero-order chi connectivity index (χ0) is 15.3. The van der Waals surface area contributed by atoms with Gasteiger partial charge in [-0.2, -0.15) is 13.2 Å². The Bertz CT molecular complexity index is 600. The number of nitrogens with zero attached hydrogens (tertiary/aromatic N) is 1. The molecular formula is C14H11F3N2OS. The van der Waals surface area contributed by atoms with Gasteiger partial charge in [-0.05, 0) is 35.9 Å². The molecule has 0 aliphatic heterocycles. The average Bonchev–Trinajstić information content (AvgIpc) is 2.46. The van der Waals surface area contributed by atoms with Gasteiger partial charge in [0.25, 0.3) is 5.24 Å². The second kappa shape index (κ2) is 6.62. The van der Waals surface area contributed by atoms with E-state index in [0.29, 0.717) is 11.4 Å². The Morgan fingerprint density at radius 3 is 2.48 bits per heavy atom.